The predicted octanol–water partition coefficient (Wildman–Crippen LogP) is 4.04. The third-order valence-electron chi connectivity index (χ3n) is 5.85. The van der Waals surface area contributed by atoms with Gasteiger partial charge in [-0.2, -0.15) is 0 Å². The fourth-order valence-corrected chi connectivity index (χ4v) is 4.32. The molecule has 8 nitrogen and oxygen atoms in total. The number of benzene rings is 2. The molecule has 1 aromatic heterocycles. The van der Waals surface area contributed by atoms with Crippen LogP contribution in [0.25, 0.3) is 11.0 Å². The molecule has 35 heavy (non-hydrogen) atoms. The molecule has 2 heterocycles. The zero-order chi connectivity index (χ0) is 24.9. The van der Waals surface area contributed by atoms with E-state index in [0.29, 0.717) is 33.7 Å². The standard InChI is InChI=1S/C27H25NO7/c1-16-23(26(30)32-3)25(18-9-5-4-6-10-18)24(17(2)28-16)27(31)34-14-13-33-21-15-22(29)35-20-12-8-7-11-19(20)21/h4-12,15,23,25H,13-14H2,1-3H3. The maximum Gasteiger partial charge on any atom is 0.339 e. The number of methoxy groups -OCH3 is 1. The summed E-state index contributed by atoms with van der Waals surface area (Å²) in [5.41, 5.74) is 1.99. The van der Waals surface area contributed by atoms with Crippen LogP contribution in [0.15, 0.2) is 86.1 Å². The molecule has 4 rings (SSSR count). The number of para-hydroxylation sites is 1. The Kier molecular flexibility index (Phi) is 7.10. The highest BCUT2D eigenvalue weighted by atomic mass is 16.6. The highest BCUT2D eigenvalue weighted by Crippen LogP contribution is 2.40. The van der Waals surface area contributed by atoms with E-state index in [-0.39, 0.29) is 13.2 Å². The van der Waals surface area contributed by atoms with Gasteiger partial charge in [0.15, 0.2) is 0 Å². The third kappa shape index (κ3) is 5.01. The van der Waals surface area contributed by atoms with Gasteiger partial charge in [-0.25, -0.2) is 9.59 Å². The number of esters is 2. The van der Waals surface area contributed by atoms with Crippen LogP contribution in [0.3, 0.4) is 0 Å². The van der Waals surface area contributed by atoms with E-state index in [9.17, 15) is 14.4 Å². The molecule has 0 aliphatic carbocycles. The first-order valence-corrected chi connectivity index (χ1v) is 11.1. The number of nitrogens with zero attached hydrogens (tertiary/aromatic N) is 1. The molecule has 8 heteroatoms. The second-order valence-corrected chi connectivity index (χ2v) is 8.05. The Morgan fingerprint density at radius 2 is 1.71 bits per heavy atom. The smallest absolute Gasteiger partial charge is 0.339 e. The molecule has 0 saturated carbocycles. The Morgan fingerprint density at radius 3 is 2.46 bits per heavy atom. The molecule has 0 radical (unpaired) electrons. The summed E-state index contributed by atoms with van der Waals surface area (Å²) in [5.74, 6) is -2.08. The molecule has 0 saturated heterocycles. The number of ether oxygens (including phenoxy) is 3. The second kappa shape index (κ2) is 10.4. The predicted molar refractivity (Wildman–Crippen MR) is 129 cm³/mol. The SMILES string of the molecule is COC(=O)C1C(C)=NC(C)=C(C(=O)OCCOc2cc(=O)oc3ccccc23)C1c1ccccc1. The van der Waals surface area contributed by atoms with Crippen LogP contribution in [0.1, 0.15) is 25.3 Å². The number of aliphatic imine (C=N–C) groups is 1. The van der Waals surface area contributed by atoms with E-state index >= 15 is 0 Å². The van der Waals surface area contributed by atoms with Gasteiger partial charge in [0.2, 0.25) is 0 Å². The van der Waals surface area contributed by atoms with E-state index < -0.39 is 29.4 Å². The minimum atomic E-state index is -0.750. The molecular formula is C27H25NO7. The van der Waals surface area contributed by atoms with Gasteiger partial charge in [0, 0.05) is 17.3 Å². The lowest BCUT2D eigenvalue weighted by molar-refractivity contribution is -0.144. The van der Waals surface area contributed by atoms with Crippen LogP contribution < -0.4 is 10.4 Å². The van der Waals surface area contributed by atoms with Crippen LogP contribution in [-0.2, 0) is 19.1 Å². The van der Waals surface area contributed by atoms with Gasteiger partial charge < -0.3 is 18.6 Å². The number of carbonyl (C=O) groups is 2. The first-order chi connectivity index (χ1) is 16.9. The summed E-state index contributed by atoms with van der Waals surface area (Å²) in [6.07, 6.45) is 0. The second-order valence-electron chi connectivity index (χ2n) is 8.05. The van der Waals surface area contributed by atoms with Crippen molar-refractivity contribution in [1.29, 1.82) is 0 Å². The molecular weight excluding hydrogens is 450 g/mol. The van der Waals surface area contributed by atoms with Crippen molar-refractivity contribution < 1.29 is 28.2 Å². The molecule has 2 aromatic carbocycles. The number of carbonyl (C=O) groups excluding carboxylic acids is 2. The number of hydrogen-bond acceptors (Lipinski definition) is 8. The number of hydrogen-bond donors (Lipinski definition) is 0. The van der Waals surface area contributed by atoms with E-state index in [0.717, 1.165) is 5.56 Å². The topological polar surface area (TPSA) is 104 Å². The fraction of sp³-hybridized carbons (Fsp3) is 0.259. The van der Waals surface area contributed by atoms with Gasteiger partial charge >= 0.3 is 17.6 Å². The molecule has 2 unspecified atom stereocenters. The van der Waals surface area contributed by atoms with Gasteiger partial charge in [-0.3, -0.25) is 9.79 Å². The van der Waals surface area contributed by atoms with Crippen molar-refractivity contribution in [2.24, 2.45) is 10.9 Å². The Bertz CT molecular complexity index is 1370. The maximum atomic E-state index is 13.2. The van der Waals surface area contributed by atoms with Crippen LogP contribution in [-0.4, -0.2) is 38.0 Å². The zero-order valence-corrected chi connectivity index (χ0v) is 19.6. The van der Waals surface area contributed by atoms with Gasteiger partial charge in [-0.05, 0) is 31.5 Å². The lowest BCUT2D eigenvalue weighted by atomic mass is 9.75. The van der Waals surface area contributed by atoms with E-state index in [1.807, 2.05) is 30.3 Å². The van der Waals surface area contributed by atoms with E-state index in [2.05, 4.69) is 4.99 Å². The summed E-state index contributed by atoms with van der Waals surface area (Å²) in [5, 5.41) is 0.638. The lowest BCUT2D eigenvalue weighted by Gasteiger charge is -2.31. The van der Waals surface area contributed by atoms with E-state index in [4.69, 9.17) is 18.6 Å². The van der Waals surface area contributed by atoms with Gasteiger partial charge in [-0.1, -0.05) is 42.5 Å². The molecule has 180 valence electrons. The van der Waals surface area contributed by atoms with Crippen LogP contribution in [0, 0.1) is 5.92 Å². The first kappa shape index (κ1) is 23.9. The van der Waals surface area contributed by atoms with Crippen LogP contribution in [0.4, 0.5) is 0 Å². The third-order valence-corrected chi connectivity index (χ3v) is 5.85. The van der Waals surface area contributed by atoms with Crippen molar-refractivity contribution in [3.8, 4) is 5.75 Å². The fourth-order valence-electron chi connectivity index (χ4n) is 4.32. The first-order valence-electron chi connectivity index (χ1n) is 11.1. The van der Waals surface area contributed by atoms with E-state index in [1.165, 1.54) is 13.2 Å². The Morgan fingerprint density at radius 1 is 1.00 bits per heavy atom. The summed E-state index contributed by atoms with van der Waals surface area (Å²) in [6, 6.07) is 17.5. The van der Waals surface area contributed by atoms with Gasteiger partial charge in [0.05, 0.1) is 24.1 Å². The average molecular weight is 475 g/mol. The Balaban J connectivity index is 1.53. The zero-order valence-electron chi connectivity index (χ0n) is 19.6. The molecule has 3 aromatic rings. The monoisotopic (exact) mass is 475 g/mol. The van der Waals surface area contributed by atoms with Crippen molar-refractivity contribution in [2.45, 2.75) is 19.8 Å². The minimum Gasteiger partial charge on any atom is -0.489 e. The number of allylic oxidation sites excluding steroid dienone is 1. The molecule has 0 spiro atoms. The average Bonchev–Trinajstić information content (AvgIpc) is 2.86. The lowest BCUT2D eigenvalue weighted by Crippen LogP contribution is -2.36. The summed E-state index contributed by atoms with van der Waals surface area (Å²) in [7, 11) is 1.31. The molecule has 0 amide bonds. The summed E-state index contributed by atoms with van der Waals surface area (Å²) < 4.78 is 21.4. The van der Waals surface area contributed by atoms with Gasteiger partial charge in [-0.15, -0.1) is 0 Å². The van der Waals surface area contributed by atoms with Crippen molar-refractivity contribution in [1.82, 2.24) is 0 Å². The minimum absolute atomic E-state index is 0.0181. The van der Waals surface area contributed by atoms with Crippen molar-refractivity contribution in [3.63, 3.8) is 0 Å². The number of fused-ring (bicyclic) bond motifs is 1. The molecule has 1 aliphatic heterocycles. The normalized spacial score (nSPS) is 17.6. The highest BCUT2D eigenvalue weighted by Gasteiger charge is 2.42. The van der Waals surface area contributed by atoms with Crippen LogP contribution >= 0.6 is 0 Å². The molecule has 2 atom stereocenters. The van der Waals surface area contributed by atoms with Crippen molar-refractivity contribution in [3.05, 3.63) is 87.9 Å². The van der Waals surface area contributed by atoms with Gasteiger partial charge in [0.1, 0.15) is 30.5 Å². The quantitative estimate of drug-likeness (QED) is 0.289. The highest BCUT2D eigenvalue weighted by molar-refractivity contribution is 6.07. The Hall–Kier alpha value is -4.20. The van der Waals surface area contributed by atoms with Gasteiger partial charge in [0.25, 0.3) is 0 Å². The molecule has 0 fully saturated rings. The van der Waals surface area contributed by atoms with E-state index in [1.54, 1.807) is 38.1 Å². The van der Waals surface area contributed by atoms with Crippen molar-refractivity contribution >= 4 is 28.6 Å². The summed E-state index contributed by atoms with van der Waals surface area (Å²) in [6.45, 7) is 3.41. The Labute approximate surface area is 201 Å². The molecule has 0 bridgehead atoms. The summed E-state index contributed by atoms with van der Waals surface area (Å²) >= 11 is 0. The van der Waals surface area contributed by atoms with Crippen molar-refractivity contribution in [2.75, 3.05) is 20.3 Å². The molecule has 0 N–H and O–H groups in total. The number of rotatable bonds is 7. The van der Waals surface area contributed by atoms with Crippen LogP contribution in [0.5, 0.6) is 5.75 Å². The van der Waals surface area contributed by atoms with Crippen LogP contribution in [0.2, 0.25) is 0 Å². The largest absolute Gasteiger partial charge is 0.489 e. The summed E-state index contributed by atoms with van der Waals surface area (Å²) in [4.78, 5) is 42.1. The maximum absolute atomic E-state index is 13.2. The molecule has 1 aliphatic rings.